The van der Waals surface area contributed by atoms with E-state index in [4.69, 9.17) is 4.74 Å². The molecule has 1 unspecified atom stereocenters. The largest absolute Gasteiger partial charge is 0.465 e. The van der Waals surface area contributed by atoms with Crippen molar-refractivity contribution in [1.82, 2.24) is 0 Å². The molecule has 1 aliphatic heterocycles. The lowest BCUT2D eigenvalue weighted by atomic mass is 9.84. The van der Waals surface area contributed by atoms with Crippen LogP contribution in [0.2, 0.25) is 0 Å². The van der Waals surface area contributed by atoms with Crippen LogP contribution in [0.5, 0.6) is 5.75 Å². The maximum Gasteiger partial charge on any atom is 0.416 e. The molecular formula is C16H10F3NO2. The number of nitrogens with zero attached hydrogens (tertiary/aromatic N) is 1. The molecule has 1 N–H and O–H groups in total. The summed E-state index contributed by atoms with van der Waals surface area (Å²) >= 11 is 0. The second-order valence-corrected chi connectivity index (χ2v) is 4.95. The van der Waals surface area contributed by atoms with Crippen LogP contribution in [0.25, 0.3) is 11.1 Å². The zero-order valence-corrected chi connectivity index (χ0v) is 11.2. The van der Waals surface area contributed by atoms with Gasteiger partial charge in [0, 0.05) is 11.1 Å². The molecule has 0 fully saturated rings. The third-order valence-electron chi connectivity index (χ3n) is 3.65. The Morgan fingerprint density at radius 1 is 1.14 bits per heavy atom. The molecule has 2 aromatic carbocycles. The summed E-state index contributed by atoms with van der Waals surface area (Å²) in [6.07, 6.45) is -4.47. The van der Waals surface area contributed by atoms with Gasteiger partial charge in [0.05, 0.1) is 5.56 Å². The summed E-state index contributed by atoms with van der Waals surface area (Å²) in [7, 11) is 0. The molecule has 22 heavy (non-hydrogen) atoms. The van der Waals surface area contributed by atoms with Crippen molar-refractivity contribution in [2.24, 2.45) is 0 Å². The SMILES string of the molecule is N#CC1(CO)Oc2ccc(C(F)(F)F)cc2-c2ccccc21. The zero-order valence-electron chi connectivity index (χ0n) is 11.2. The van der Waals surface area contributed by atoms with E-state index in [1.165, 1.54) is 6.07 Å². The molecule has 0 aromatic heterocycles. The minimum atomic E-state index is -4.47. The van der Waals surface area contributed by atoms with Gasteiger partial charge in [0.2, 0.25) is 5.60 Å². The Morgan fingerprint density at radius 2 is 1.86 bits per heavy atom. The number of nitriles is 1. The predicted octanol–water partition coefficient (Wildman–Crippen LogP) is 3.48. The standard InChI is InChI=1S/C16H10F3NO2/c17-16(18,19)10-5-6-14-12(7-10)11-3-1-2-4-13(11)15(8-20,9-21)22-14/h1-7,21H,9H2. The maximum absolute atomic E-state index is 12.9. The molecule has 1 heterocycles. The zero-order chi connectivity index (χ0) is 16.0. The summed E-state index contributed by atoms with van der Waals surface area (Å²) < 4.78 is 44.2. The van der Waals surface area contributed by atoms with Gasteiger partial charge in [-0.25, -0.2) is 0 Å². The Labute approximate surface area is 124 Å². The van der Waals surface area contributed by atoms with Gasteiger partial charge in [-0.05, 0) is 23.8 Å². The molecule has 0 spiro atoms. The number of benzene rings is 2. The van der Waals surface area contributed by atoms with E-state index in [9.17, 15) is 23.5 Å². The molecule has 0 aliphatic carbocycles. The normalized spacial score (nSPS) is 19.6. The molecular weight excluding hydrogens is 295 g/mol. The summed E-state index contributed by atoms with van der Waals surface area (Å²) in [5, 5.41) is 19.0. The van der Waals surface area contributed by atoms with Gasteiger partial charge in [-0.15, -0.1) is 0 Å². The monoisotopic (exact) mass is 305 g/mol. The number of aliphatic hydroxyl groups is 1. The number of halogens is 3. The van der Waals surface area contributed by atoms with Gasteiger partial charge in [-0.2, -0.15) is 18.4 Å². The van der Waals surface area contributed by atoms with Crippen molar-refractivity contribution in [3.8, 4) is 22.9 Å². The first-order chi connectivity index (χ1) is 10.4. The van der Waals surface area contributed by atoms with E-state index in [-0.39, 0.29) is 11.3 Å². The predicted molar refractivity (Wildman–Crippen MR) is 71.9 cm³/mol. The van der Waals surface area contributed by atoms with Gasteiger partial charge in [0.15, 0.2) is 0 Å². The van der Waals surface area contributed by atoms with Crippen molar-refractivity contribution in [2.45, 2.75) is 11.8 Å². The third kappa shape index (κ3) is 2.02. The van der Waals surface area contributed by atoms with Crippen molar-refractivity contribution in [1.29, 1.82) is 5.26 Å². The summed E-state index contributed by atoms with van der Waals surface area (Å²) in [6, 6.07) is 11.5. The number of hydrogen-bond acceptors (Lipinski definition) is 3. The fourth-order valence-electron chi connectivity index (χ4n) is 2.55. The quantitative estimate of drug-likeness (QED) is 0.877. The first-order valence-electron chi connectivity index (χ1n) is 6.43. The molecule has 1 atom stereocenters. The van der Waals surface area contributed by atoms with Crippen molar-refractivity contribution < 1.29 is 23.0 Å². The summed E-state index contributed by atoms with van der Waals surface area (Å²) in [4.78, 5) is 0. The minimum Gasteiger partial charge on any atom is -0.465 e. The number of fused-ring (bicyclic) bond motifs is 3. The van der Waals surface area contributed by atoms with E-state index >= 15 is 0 Å². The second-order valence-electron chi connectivity index (χ2n) is 4.95. The number of hydrogen-bond donors (Lipinski definition) is 1. The average molecular weight is 305 g/mol. The molecule has 3 nitrogen and oxygen atoms in total. The molecule has 112 valence electrons. The van der Waals surface area contributed by atoms with Crippen LogP contribution in [0.1, 0.15) is 11.1 Å². The van der Waals surface area contributed by atoms with Crippen LogP contribution in [0.15, 0.2) is 42.5 Å². The lowest BCUT2D eigenvalue weighted by Crippen LogP contribution is -2.38. The molecule has 3 rings (SSSR count). The highest BCUT2D eigenvalue weighted by atomic mass is 19.4. The van der Waals surface area contributed by atoms with Gasteiger partial charge in [-0.1, -0.05) is 24.3 Å². The summed E-state index contributed by atoms with van der Waals surface area (Å²) in [6.45, 7) is -0.596. The number of alkyl halides is 3. The first-order valence-corrected chi connectivity index (χ1v) is 6.43. The van der Waals surface area contributed by atoms with E-state index in [2.05, 4.69) is 0 Å². The summed E-state index contributed by atoms with van der Waals surface area (Å²) in [5.41, 5.74) is -1.34. The van der Waals surface area contributed by atoms with Gasteiger partial charge < -0.3 is 9.84 Å². The van der Waals surface area contributed by atoms with Gasteiger partial charge in [0.1, 0.15) is 18.4 Å². The van der Waals surface area contributed by atoms with E-state index < -0.39 is 23.9 Å². The Balaban J connectivity index is 2.27. The van der Waals surface area contributed by atoms with E-state index in [0.717, 1.165) is 12.1 Å². The summed E-state index contributed by atoms with van der Waals surface area (Å²) in [5.74, 6) is 0.141. The Morgan fingerprint density at radius 3 is 2.50 bits per heavy atom. The van der Waals surface area contributed by atoms with Crippen molar-refractivity contribution in [3.63, 3.8) is 0 Å². The van der Waals surface area contributed by atoms with Crippen LogP contribution in [0.4, 0.5) is 13.2 Å². The van der Waals surface area contributed by atoms with Crippen LogP contribution < -0.4 is 4.74 Å². The molecule has 6 heteroatoms. The molecule has 1 aliphatic rings. The lowest BCUT2D eigenvalue weighted by molar-refractivity contribution is -0.137. The highest BCUT2D eigenvalue weighted by molar-refractivity contribution is 5.78. The fraction of sp³-hybridized carbons (Fsp3) is 0.188. The molecule has 0 radical (unpaired) electrons. The molecule has 0 saturated carbocycles. The van der Waals surface area contributed by atoms with Gasteiger partial charge >= 0.3 is 6.18 Å². The van der Waals surface area contributed by atoms with Gasteiger partial charge in [-0.3, -0.25) is 0 Å². The Hall–Kier alpha value is -2.52. The van der Waals surface area contributed by atoms with E-state index in [0.29, 0.717) is 11.1 Å². The van der Waals surface area contributed by atoms with Crippen molar-refractivity contribution >= 4 is 0 Å². The highest BCUT2D eigenvalue weighted by Gasteiger charge is 2.42. The van der Waals surface area contributed by atoms with Crippen LogP contribution in [0.3, 0.4) is 0 Å². The first kappa shape index (κ1) is 14.4. The second kappa shape index (κ2) is 4.75. The van der Waals surface area contributed by atoms with Crippen molar-refractivity contribution in [3.05, 3.63) is 53.6 Å². The Bertz CT molecular complexity index is 780. The topological polar surface area (TPSA) is 53.2 Å². The molecule has 0 saturated heterocycles. The highest BCUT2D eigenvalue weighted by Crippen LogP contribution is 2.46. The number of ether oxygens (including phenoxy) is 1. The average Bonchev–Trinajstić information content (AvgIpc) is 2.52. The van der Waals surface area contributed by atoms with E-state index in [1.807, 2.05) is 6.07 Å². The number of rotatable bonds is 1. The van der Waals surface area contributed by atoms with Crippen LogP contribution in [-0.2, 0) is 11.8 Å². The van der Waals surface area contributed by atoms with Crippen LogP contribution >= 0.6 is 0 Å². The van der Waals surface area contributed by atoms with Crippen LogP contribution in [-0.4, -0.2) is 11.7 Å². The third-order valence-corrected chi connectivity index (χ3v) is 3.65. The lowest BCUT2D eigenvalue weighted by Gasteiger charge is -2.34. The smallest absolute Gasteiger partial charge is 0.416 e. The number of aliphatic hydroxyl groups excluding tert-OH is 1. The van der Waals surface area contributed by atoms with E-state index in [1.54, 1.807) is 24.3 Å². The Kier molecular flexibility index (Phi) is 3.11. The minimum absolute atomic E-state index is 0.141. The van der Waals surface area contributed by atoms with Gasteiger partial charge in [0.25, 0.3) is 0 Å². The van der Waals surface area contributed by atoms with Crippen molar-refractivity contribution in [2.75, 3.05) is 6.61 Å². The fourth-order valence-corrected chi connectivity index (χ4v) is 2.55. The van der Waals surface area contributed by atoms with Crippen LogP contribution in [0, 0.1) is 11.3 Å². The molecule has 0 amide bonds. The maximum atomic E-state index is 12.9. The molecule has 2 aromatic rings. The molecule has 0 bridgehead atoms.